The molecule has 5 nitrogen and oxygen atoms in total. The van der Waals surface area contributed by atoms with E-state index in [0.29, 0.717) is 0 Å². The van der Waals surface area contributed by atoms with Crippen molar-refractivity contribution in [2.24, 2.45) is 10.7 Å². The van der Waals surface area contributed by atoms with Crippen LogP contribution in [0.5, 0.6) is 0 Å². The van der Waals surface area contributed by atoms with Crippen LogP contribution >= 0.6 is 0 Å². The summed E-state index contributed by atoms with van der Waals surface area (Å²) in [6.45, 7) is 9.73. The van der Waals surface area contributed by atoms with Crippen LogP contribution in [-0.2, 0) is 6.42 Å². The number of guanidine groups is 1. The smallest absolute Gasteiger partial charge is 0.321 e. The van der Waals surface area contributed by atoms with Gasteiger partial charge in [-0.1, -0.05) is 25.1 Å². The van der Waals surface area contributed by atoms with Crippen molar-refractivity contribution in [2.45, 2.75) is 46.6 Å². The molecule has 0 aliphatic rings. The number of nitrogens with zero attached hydrogens (tertiary/aromatic N) is 1. The third-order valence-electron chi connectivity index (χ3n) is 2.66. The molecule has 20 heavy (non-hydrogen) atoms. The fourth-order valence-electron chi connectivity index (χ4n) is 1.80. The molecule has 1 aromatic carbocycles. The highest BCUT2D eigenvalue weighted by Crippen LogP contribution is 2.24. The number of rotatable bonds is 2. The van der Waals surface area contributed by atoms with Crippen LogP contribution in [0.1, 0.15) is 38.8 Å². The summed E-state index contributed by atoms with van der Waals surface area (Å²) in [6.07, 6.45) is 0.863. The zero-order chi connectivity index (χ0) is 15.3. The van der Waals surface area contributed by atoms with E-state index in [1.807, 2.05) is 45.9 Å². The fourth-order valence-corrected chi connectivity index (χ4v) is 1.80. The Labute approximate surface area is 120 Å². The number of benzene rings is 1. The molecule has 0 atom stereocenters. The van der Waals surface area contributed by atoms with Gasteiger partial charge < -0.3 is 11.1 Å². The Kier molecular flexibility index (Phi) is 5.13. The Bertz CT molecular complexity index is 515. The van der Waals surface area contributed by atoms with Gasteiger partial charge in [-0.15, -0.1) is 0 Å². The van der Waals surface area contributed by atoms with Gasteiger partial charge in [0.15, 0.2) is 0 Å². The lowest BCUT2D eigenvalue weighted by atomic mass is 10.1. The third-order valence-corrected chi connectivity index (χ3v) is 2.66. The zero-order valence-corrected chi connectivity index (χ0v) is 12.9. The highest BCUT2D eigenvalue weighted by Gasteiger charge is 2.14. The number of nitrogens with two attached hydrogens (primary N) is 1. The van der Waals surface area contributed by atoms with Crippen LogP contribution in [0.25, 0.3) is 0 Å². The minimum atomic E-state index is -0.356. The Hall–Kier alpha value is -2.04. The quantitative estimate of drug-likeness (QED) is 0.573. The van der Waals surface area contributed by atoms with E-state index >= 15 is 0 Å². The minimum absolute atomic E-state index is 0.0933. The van der Waals surface area contributed by atoms with E-state index in [1.165, 1.54) is 0 Å². The van der Waals surface area contributed by atoms with E-state index < -0.39 is 0 Å². The molecule has 0 aliphatic heterocycles. The number of aliphatic imine (C=N–C) groups is 1. The number of hydrogen-bond donors (Lipinski definition) is 3. The number of amides is 2. The first-order valence-electron chi connectivity index (χ1n) is 6.74. The summed E-state index contributed by atoms with van der Waals surface area (Å²) >= 11 is 0. The Balaban J connectivity index is 2.87. The van der Waals surface area contributed by atoms with Crippen molar-refractivity contribution in [3.63, 3.8) is 0 Å². The van der Waals surface area contributed by atoms with Gasteiger partial charge in [-0.3, -0.25) is 5.32 Å². The molecule has 1 rings (SSSR count). The molecule has 1 aromatic rings. The largest absolute Gasteiger partial charge is 0.369 e. The molecule has 5 heteroatoms. The van der Waals surface area contributed by atoms with Crippen LogP contribution < -0.4 is 16.4 Å². The lowest BCUT2D eigenvalue weighted by Crippen LogP contribution is -2.50. The van der Waals surface area contributed by atoms with E-state index in [1.54, 1.807) is 0 Å². The van der Waals surface area contributed by atoms with Gasteiger partial charge in [-0.2, -0.15) is 0 Å². The van der Waals surface area contributed by atoms with Gasteiger partial charge in [-0.05, 0) is 45.2 Å². The van der Waals surface area contributed by atoms with Crippen molar-refractivity contribution in [3.05, 3.63) is 29.3 Å². The summed E-state index contributed by atoms with van der Waals surface area (Å²) < 4.78 is 0. The molecule has 4 N–H and O–H groups in total. The molecule has 2 amide bonds. The second kappa shape index (κ2) is 6.41. The van der Waals surface area contributed by atoms with Crippen molar-refractivity contribution in [2.75, 3.05) is 0 Å². The SMILES string of the molecule is CCc1cccc(C)c1N=C(N)NC(=O)NC(C)(C)C. The lowest BCUT2D eigenvalue weighted by molar-refractivity contribution is 0.236. The summed E-state index contributed by atoms with van der Waals surface area (Å²) in [4.78, 5) is 16.0. The second-order valence-corrected chi connectivity index (χ2v) is 5.76. The molecule has 0 fully saturated rings. The molecule has 0 saturated carbocycles. The van der Waals surface area contributed by atoms with Crippen LogP contribution in [0.4, 0.5) is 10.5 Å². The van der Waals surface area contributed by atoms with Crippen LogP contribution in [0.2, 0.25) is 0 Å². The average molecular weight is 276 g/mol. The van der Waals surface area contributed by atoms with Gasteiger partial charge in [-0.25, -0.2) is 9.79 Å². The fraction of sp³-hybridized carbons (Fsp3) is 0.467. The molecule has 0 unspecified atom stereocenters. The lowest BCUT2D eigenvalue weighted by Gasteiger charge is -2.20. The minimum Gasteiger partial charge on any atom is -0.369 e. The monoisotopic (exact) mass is 276 g/mol. The van der Waals surface area contributed by atoms with Crippen LogP contribution in [0.3, 0.4) is 0 Å². The number of urea groups is 1. The highest BCUT2D eigenvalue weighted by atomic mass is 16.2. The van der Waals surface area contributed by atoms with Crippen LogP contribution in [0, 0.1) is 6.92 Å². The normalized spacial score (nSPS) is 12.2. The Morgan fingerprint density at radius 2 is 2.00 bits per heavy atom. The van der Waals surface area contributed by atoms with Crippen molar-refractivity contribution >= 4 is 17.7 Å². The van der Waals surface area contributed by atoms with E-state index in [4.69, 9.17) is 5.73 Å². The number of carbonyl (C=O) groups excluding carboxylic acids is 1. The van der Waals surface area contributed by atoms with Gasteiger partial charge in [0.1, 0.15) is 0 Å². The van der Waals surface area contributed by atoms with Gasteiger partial charge in [0.05, 0.1) is 5.69 Å². The van der Waals surface area contributed by atoms with Crippen molar-refractivity contribution in [1.29, 1.82) is 0 Å². The molecule has 0 bridgehead atoms. The Morgan fingerprint density at radius 3 is 2.55 bits per heavy atom. The van der Waals surface area contributed by atoms with Crippen molar-refractivity contribution in [1.82, 2.24) is 10.6 Å². The van der Waals surface area contributed by atoms with Crippen LogP contribution in [0.15, 0.2) is 23.2 Å². The van der Waals surface area contributed by atoms with E-state index in [9.17, 15) is 4.79 Å². The van der Waals surface area contributed by atoms with Gasteiger partial charge in [0, 0.05) is 5.54 Å². The van der Waals surface area contributed by atoms with E-state index in [0.717, 1.165) is 23.2 Å². The number of nitrogens with one attached hydrogen (secondary N) is 2. The van der Waals surface area contributed by atoms with E-state index in [-0.39, 0.29) is 17.5 Å². The predicted octanol–water partition coefficient (Wildman–Crippen LogP) is 2.60. The molecular weight excluding hydrogens is 252 g/mol. The maximum Gasteiger partial charge on any atom is 0.321 e. The molecule has 0 radical (unpaired) electrons. The topological polar surface area (TPSA) is 79.5 Å². The van der Waals surface area contributed by atoms with Gasteiger partial charge >= 0.3 is 6.03 Å². The number of carbonyl (C=O) groups is 1. The van der Waals surface area contributed by atoms with Crippen LogP contribution in [-0.4, -0.2) is 17.5 Å². The molecular formula is C15H24N4O. The summed E-state index contributed by atoms with van der Waals surface area (Å²) in [7, 11) is 0. The number of aryl methyl sites for hydroxylation is 2. The first kappa shape index (κ1) is 16.0. The summed E-state index contributed by atoms with van der Waals surface area (Å²) in [5, 5.41) is 5.31. The van der Waals surface area contributed by atoms with Gasteiger partial charge in [0.25, 0.3) is 0 Å². The Morgan fingerprint density at radius 1 is 1.35 bits per heavy atom. The molecule has 110 valence electrons. The van der Waals surface area contributed by atoms with Gasteiger partial charge in [0.2, 0.25) is 5.96 Å². The van der Waals surface area contributed by atoms with Crippen molar-refractivity contribution in [3.8, 4) is 0 Å². The third kappa shape index (κ3) is 4.91. The summed E-state index contributed by atoms with van der Waals surface area (Å²) in [5.74, 6) is 0.0933. The number of para-hydroxylation sites is 1. The maximum absolute atomic E-state index is 11.7. The zero-order valence-electron chi connectivity index (χ0n) is 12.9. The summed E-state index contributed by atoms with van der Waals surface area (Å²) in [5.41, 5.74) is 8.44. The highest BCUT2D eigenvalue weighted by molar-refractivity contribution is 5.96. The predicted molar refractivity (Wildman–Crippen MR) is 83.3 cm³/mol. The summed E-state index contributed by atoms with van der Waals surface area (Å²) in [6, 6.07) is 5.61. The average Bonchev–Trinajstić information content (AvgIpc) is 2.28. The molecule has 0 saturated heterocycles. The van der Waals surface area contributed by atoms with E-state index in [2.05, 4.69) is 22.5 Å². The molecule has 0 heterocycles. The van der Waals surface area contributed by atoms with Crippen molar-refractivity contribution < 1.29 is 4.79 Å². The maximum atomic E-state index is 11.7. The first-order chi connectivity index (χ1) is 9.23. The standard InChI is InChI=1S/C15H24N4O/c1-6-11-9-7-8-10(2)12(11)17-13(16)18-14(20)19-15(3,4)5/h7-9H,6H2,1-5H3,(H4,16,17,18,19,20). The molecule has 0 aliphatic carbocycles. The second-order valence-electron chi connectivity index (χ2n) is 5.76. The number of hydrogen-bond acceptors (Lipinski definition) is 2. The molecule has 0 spiro atoms. The molecule has 0 aromatic heterocycles. The first-order valence-corrected chi connectivity index (χ1v) is 6.74.